The Kier molecular flexibility index (Phi) is 3.66. The molecular formula is C18H19N5O5. The molecule has 2 N–H and O–H groups in total. The molecule has 146 valence electrons. The molecule has 10 nitrogen and oxygen atoms in total. The molecule has 0 spiro atoms. The highest BCUT2D eigenvalue weighted by Crippen LogP contribution is 2.55. The first-order chi connectivity index (χ1) is 13.5. The van der Waals surface area contributed by atoms with E-state index in [2.05, 4.69) is 19.6 Å². The summed E-state index contributed by atoms with van der Waals surface area (Å²) in [5.74, 6) is -1.14. The van der Waals surface area contributed by atoms with Crippen molar-refractivity contribution in [1.82, 2.24) is 24.7 Å². The maximum Gasteiger partial charge on any atom is 0.438 e. The molecular weight excluding hydrogens is 366 g/mol. The van der Waals surface area contributed by atoms with Crippen molar-refractivity contribution in [3.63, 3.8) is 0 Å². The lowest BCUT2D eigenvalue weighted by atomic mass is 9.97. The first-order valence-corrected chi connectivity index (χ1v) is 9.27. The fraction of sp³-hybridized carbons (Fsp3) is 0.500. The van der Waals surface area contributed by atoms with E-state index in [1.807, 2.05) is 6.92 Å². The van der Waals surface area contributed by atoms with E-state index in [4.69, 9.17) is 9.72 Å². The van der Waals surface area contributed by atoms with E-state index in [0.717, 1.165) is 18.5 Å². The highest BCUT2D eigenvalue weighted by atomic mass is 16.5. The minimum atomic E-state index is -1.09. The summed E-state index contributed by atoms with van der Waals surface area (Å²) >= 11 is 0. The summed E-state index contributed by atoms with van der Waals surface area (Å²) in [5, 5.41) is 13.6. The molecule has 3 aromatic heterocycles. The summed E-state index contributed by atoms with van der Waals surface area (Å²) in [5.41, 5.74) is 1.08. The number of rotatable bonds is 4. The van der Waals surface area contributed by atoms with Crippen LogP contribution in [-0.2, 0) is 10.3 Å². The largest absolute Gasteiger partial charge is 0.477 e. The normalized spacial score (nSPS) is 25.2. The van der Waals surface area contributed by atoms with Gasteiger partial charge in [-0.05, 0) is 31.2 Å². The van der Waals surface area contributed by atoms with Crippen molar-refractivity contribution in [1.29, 1.82) is 0 Å². The van der Waals surface area contributed by atoms with Gasteiger partial charge in [0.2, 0.25) is 0 Å². The molecule has 1 aliphatic carbocycles. The summed E-state index contributed by atoms with van der Waals surface area (Å²) in [4.78, 5) is 35.4. The van der Waals surface area contributed by atoms with Crippen LogP contribution in [0, 0.1) is 5.92 Å². The molecule has 28 heavy (non-hydrogen) atoms. The standard InChI is InChI=1S/C18H19N5O5/c1-9-7-18(9,16-21-17(26)28-22-16)23-13(15(24)25)6-11-14(23)19-8-12(20-11)10-2-4-27-5-3-10/h6,8-10H,2-5,7H2,1H3,(H,24,25)(H,21,22,26)/t9-,18-/m0/s1. The minimum Gasteiger partial charge on any atom is -0.477 e. The number of ether oxygens (including phenoxy) is 1. The number of hydrogen-bond acceptors (Lipinski definition) is 7. The predicted molar refractivity (Wildman–Crippen MR) is 95.3 cm³/mol. The van der Waals surface area contributed by atoms with Gasteiger partial charge in [-0.25, -0.2) is 19.6 Å². The smallest absolute Gasteiger partial charge is 0.438 e. The average molecular weight is 385 g/mol. The van der Waals surface area contributed by atoms with Crippen LogP contribution in [0.25, 0.3) is 11.2 Å². The Bertz CT molecular complexity index is 1130. The average Bonchev–Trinajstić information content (AvgIpc) is 3.05. The second-order valence-corrected chi connectivity index (χ2v) is 7.53. The Hall–Kier alpha value is -3.01. The van der Waals surface area contributed by atoms with Gasteiger partial charge in [0, 0.05) is 19.1 Å². The lowest BCUT2D eigenvalue weighted by Gasteiger charge is -2.21. The number of aromatic nitrogens is 5. The Morgan fingerprint density at radius 1 is 1.39 bits per heavy atom. The molecule has 1 saturated carbocycles. The molecule has 0 unspecified atom stereocenters. The molecule has 0 bridgehead atoms. The Balaban J connectivity index is 1.68. The van der Waals surface area contributed by atoms with E-state index in [0.29, 0.717) is 36.6 Å². The Labute approximate surface area is 158 Å². The number of aromatic carboxylic acids is 1. The second-order valence-electron chi connectivity index (χ2n) is 7.53. The van der Waals surface area contributed by atoms with Crippen LogP contribution in [0.1, 0.15) is 54.1 Å². The third-order valence-corrected chi connectivity index (χ3v) is 5.90. The number of H-pyrrole nitrogens is 1. The van der Waals surface area contributed by atoms with Crippen LogP contribution < -0.4 is 5.76 Å². The van der Waals surface area contributed by atoms with Gasteiger partial charge in [-0.15, -0.1) is 0 Å². The zero-order valence-electron chi connectivity index (χ0n) is 15.2. The van der Waals surface area contributed by atoms with Crippen LogP contribution in [0.2, 0.25) is 0 Å². The molecule has 2 aliphatic rings. The minimum absolute atomic E-state index is 0.0546. The molecule has 0 radical (unpaired) electrons. The van der Waals surface area contributed by atoms with E-state index >= 15 is 0 Å². The molecule has 3 aromatic rings. The highest BCUT2D eigenvalue weighted by molar-refractivity contribution is 5.92. The van der Waals surface area contributed by atoms with Gasteiger partial charge >= 0.3 is 11.7 Å². The first kappa shape index (κ1) is 17.1. The number of aromatic amines is 1. The highest BCUT2D eigenvalue weighted by Gasteiger charge is 2.59. The quantitative estimate of drug-likeness (QED) is 0.689. The van der Waals surface area contributed by atoms with E-state index in [-0.39, 0.29) is 17.5 Å². The van der Waals surface area contributed by atoms with Gasteiger partial charge in [-0.1, -0.05) is 12.1 Å². The summed E-state index contributed by atoms with van der Waals surface area (Å²) < 4.78 is 11.7. The van der Waals surface area contributed by atoms with Gasteiger partial charge in [-0.2, -0.15) is 0 Å². The molecule has 2 fully saturated rings. The third-order valence-electron chi connectivity index (χ3n) is 5.90. The fourth-order valence-electron chi connectivity index (χ4n) is 4.31. The van der Waals surface area contributed by atoms with Crippen LogP contribution in [0.4, 0.5) is 0 Å². The molecule has 5 rings (SSSR count). The molecule has 4 heterocycles. The Morgan fingerprint density at radius 2 is 2.14 bits per heavy atom. The van der Waals surface area contributed by atoms with E-state index < -0.39 is 17.3 Å². The van der Waals surface area contributed by atoms with Crippen molar-refractivity contribution >= 4 is 17.1 Å². The zero-order chi connectivity index (χ0) is 19.5. The topological polar surface area (TPSA) is 136 Å². The zero-order valence-corrected chi connectivity index (χ0v) is 15.2. The van der Waals surface area contributed by atoms with Crippen molar-refractivity contribution in [2.24, 2.45) is 5.92 Å². The summed E-state index contributed by atoms with van der Waals surface area (Å²) in [6.07, 6.45) is 4.07. The maximum atomic E-state index is 12.0. The third kappa shape index (κ3) is 2.40. The first-order valence-electron chi connectivity index (χ1n) is 9.27. The molecule has 0 amide bonds. The second kappa shape index (κ2) is 5.99. The van der Waals surface area contributed by atoms with Crippen LogP contribution in [0.3, 0.4) is 0 Å². The fourth-order valence-corrected chi connectivity index (χ4v) is 4.31. The van der Waals surface area contributed by atoms with Crippen molar-refractivity contribution in [3.8, 4) is 0 Å². The summed E-state index contributed by atoms with van der Waals surface area (Å²) in [7, 11) is 0. The van der Waals surface area contributed by atoms with E-state index in [9.17, 15) is 14.7 Å². The van der Waals surface area contributed by atoms with Crippen molar-refractivity contribution in [2.75, 3.05) is 13.2 Å². The van der Waals surface area contributed by atoms with Crippen LogP contribution >= 0.6 is 0 Å². The van der Waals surface area contributed by atoms with Gasteiger partial charge in [0.1, 0.15) is 16.7 Å². The lowest BCUT2D eigenvalue weighted by Crippen LogP contribution is -2.27. The van der Waals surface area contributed by atoms with Crippen molar-refractivity contribution in [2.45, 2.75) is 37.6 Å². The molecule has 1 saturated heterocycles. The molecule has 2 atom stereocenters. The van der Waals surface area contributed by atoms with Gasteiger partial charge in [-0.3, -0.25) is 9.51 Å². The van der Waals surface area contributed by atoms with Gasteiger partial charge in [0.25, 0.3) is 0 Å². The maximum absolute atomic E-state index is 12.0. The lowest BCUT2D eigenvalue weighted by molar-refractivity contribution is 0.0682. The number of nitrogens with one attached hydrogen (secondary N) is 1. The number of carboxylic acid groups (broad SMARTS) is 1. The van der Waals surface area contributed by atoms with Gasteiger partial charge in [0.15, 0.2) is 11.5 Å². The number of carboxylic acids is 1. The molecule has 0 aromatic carbocycles. The predicted octanol–water partition coefficient (Wildman–Crippen LogP) is 1.48. The van der Waals surface area contributed by atoms with Crippen LogP contribution in [-0.4, -0.2) is 49.0 Å². The molecule has 10 heteroatoms. The van der Waals surface area contributed by atoms with Crippen LogP contribution in [0.15, 0.2) is 21.6 Å². The number of fused-ring (bicyclic) bond motifs is 1. The summed E-state index contributed by atoms with van der Waals surface area (Å²) in [6.45, 7) is 3.34. The molecule has 1 aliphatic heterocycles. The number of carbonyl (C=O) groups is 1. The SMILES string of the molecule is C[C@H]1C[C@]1(c1noc(=O)[nH]1)n1c(C(=O)O)cc2nc(C3CCOCC3)cnc21. The summed E-state index contributed by atoms with van der Waals surface area (Å²) in [6, 6.07) is 1.54. The van der Waals surface area contributed by atoms with Crippen molar-refractivity contribution < 1.29 is 19.2 Å². The number of hydrogen-bond donors (Lipinski definition) is 2. The van der Waals surface area contributed by atoms with E-state index in [1.165, 1.54) is 0 Å². The van der Waals surface area contributed by atoms with Crippen LogP contribution in [0.5, 0.6) is 0 Å². The van der Waals surface area contributed by atoms with Gasteiger partial charge in [0.05, 0.1) is 11.9 Å². The van der Waals surface area contributed by atoms with E-state index in [1.54, 1.807) is 16.8 Å². The van der Waals surface area contributed by atoms with Crippen molar-refractivity contribution in [3.05, 3.63) is 40.0 Å². The Morgan fingerprint density at radius 3 is 2.75 bits per heavy atom. The van der Waals surface area contributed by atoms with Gasteiger partial charge < -0.3 is 14.4 Å². The monoisotopic (exact) mass is 385 g/mol. The number of nitrogens with zero attached hydrogens (tertiary/aromatic N) is 4.